The minimum absolute atomic E-state index is 0.0458. The van der Waals surface area contributed by atoms with E-state index in [0.717, 1.165) is 17.0 Å². The number of aliphatic hydroxyl groups is 2. The van der Waals surface area contributed by atoms with Gasteiger partial charge in [-0.1, -0.05) is 19.1 Å². The zero-order valence-corrected chi connectivity index (χ0v) is 13.8. The molecular weight excluding hydrogens is 308 g/mol. The van der Waals surface area contributed by atoms with Gasteiger partial charge in [-0.05, 0) is 36.2 Å². The van der Waals surface area contributed by atoms with E-state index in [1.54, 1.807) is 6.07 Å². The molecule has 0 saturated heterocycles. The number of nitrogens with one attached hydrogen (secondary N) is 2. The predicted molar refractivity (Wildman–Crippen MR) is 91.4 cm³/mol. The summed E-state index contributed by atoms with van der Waals surface area (Å²) in [6.45, 7) is 2.29. The first-order valence-electron chi connectivity index (χ1n) is 8.06. The third-order valence-electron chi connectivity index (χ3n) is 3.74. The third-order valence-corrected chi connectivity index (χ3v) is 3.74. The Bertz CT molecular complexity index is 633. The van der Waals surface area contributed by atoms with E-state index >= 15 is 0 Å². The van der Waals surface area contributed by atoms with Gasteiger partial charge in [-0.3, -0.25) is 4.79 Å². The molecule has 6 nitrogen and oxygen atoms in total. The smallest absolute Gasteiger partial charge is 0.224 e. The summed E-state index contributed by atoms with van der Waals surface area (Å²) in [6.07, 6.45) is 0.991. The summed E-state index contributed by atoms with van der Waals surface area (Å²) in [6, 6.07) is 11.0. The minimum Gasteiger partial charge on any atom is -0.462 e. The molecule has 0 saturated carbocycles. The van der Waals surface area contributed by atoms with Gasteiger partial charge in [0.2, 0.25) is 5.91 Å². The average Bonchev–Trinajstić information content (AvgIpc) is 3.07. The molecule has 0 bridgehead atoms. The van der Waals surface area contributed by atoms with Crippen molar-refractivity contribution in [3.05, 3.63) is 53.5 Å². The van der Waals surface area contributed by atoms with Crippen LogP contribution in [0.25, 0.3) is 0 Å². The predicted octanol–water partition coefficient (Wildman–Crippen LogP) is 1.81. The van der Waals surface area contributed by atoms with Crippen LogP contribution in [-0.2, 0) is 24.4 Å². The van der Waals surface area contributed by atoms with Crippen LogP contribution in [0.3, 0.4) is 0 Å². The van der Waals surface area contributed by atoms with Crippen molar-refractivity contribution in [2.45, 2.75) is 39.0 Å². The highest BCUT2D eigenvalue weighted by Crippen LogP contribution is 2.13. The van der Waals surface area contributed by atoms with Crippen LogP contribution in [0.5, 0.6) is 0 Å². The molecule has 6 heteroatoms. The Kier molecular flexibility index (Phi) is 6.84. The molecule has 1 aromatic carbocycles. The fraction of sp³-hybridized carbons (Fsp3) is 0.389. The summed E-state index contributed by atoms with van der Waals surface area (Å²) < 4.78 is 5.40. The largest absolute Gasteiger partial charge is 0.462 e. The molecule has 0 aliphatic heterocycles. The van der Waals surface area contributed by atoms with Gasteiger partial charge in [0.15, 0.2) is 0 Å². The first kappa shape index (κ1) is 18.0. The highest BCUT2D eigenvalue weighted by Gasteiger charge is 2.09. The lowest BCUT2D eigenvalue weighted by molar-refractivity contribution is -0.121. The molecule has 1 unspecified atom stereocenters. The molecule has 1 amide bonds. The summed E-state index contributed by atoms with van der Waals surface area (Å²) >= 11 is 0. The van der Waals surface area contributed by atoms with Crippen molar-refractivity contribution < 1.29 is 19.4 Å². The number of carbonyl (C=O) groups excluding carboxylic acids is 1. The number of hydrogen-bond donors (Lipinski definition) is 4. The van der Waals surface area contributed by atoms with Gasteiger partial charge >= 0.3 is 0 Å². The molecule has 2 rings (SSSR count). The van der Waals surface area contributed by atoms with Crippen LogP contribution in [0.2, 0.25) is 0 Å². The maximum absolute atomic E-state index is 11.9. The van der Waals surface area contributed by atoms with Crippen LogP contribution >= 0.6 is 0 Å². The van der Waals surface area contributed by atoms with E-state index in [2.05, 4.69) is 10.6 Å². The Balaban J connectivity index is 1.82. The Morgan fingerprint density at radius 2 is 1.83 bits per heavy atom. The fourth-order valence-electron chi connectivity index (χ4n) is 2.27. The van der Waals surface area contributed by atoms with E-state index in [1.807, 2.05) is 37.3 Å². The van der Waals surface area contributed by atoms with Gasteiger partial charge in [-0.15, -0.1) is 0 Å². The van der Waals surface area contributed by atoms with Gasteiger partial charge in [-0.25, -0.2) is 0 Å². The van der Waals surface area contributed by atoms with Gasteiger partial charge in [0, 0.05) is 5.69 Å². The molecule has 0 radical (unpaired) electrons. The van der Waals surface area contributed by atoms with Crippen LogP contribution in [0, 0.1) is 0 Å². The van der Waals surface area contributed by atoms with E-state index < -0.39 is 0 Å². The highest BCUT2D eigenvalue weighted by molar-refractivity contribution is 5.79. The monoisotopic (exact) mass is 332 g/mol. The van der Waals surface area contributed by atoms with Crippen molar-refractivity contribution in [2.24, 2.45) is 0 Å². The maximum atomic E-state index is 11.9. The van der Waals surface area contributed by atoms with Gasteiger partial charge in [-0.2, -0.15) is 0 Å². The quantitative estimate of drug-likeness (QED) is 0.562. The molecule has 0 aliphatic rings. The minimum atomic E-state index is -0.185. The number of anilines is 1. The summed E-state index contributed by atoms with van der Waals surface area (Å²) in [5.74, 6) is 1.20. The van der Waals surface area contributed by atoms with Crippen molar-refractivity contribution in [1.29, 1.82) is 0 Å². The number of amides is 1. The molecule has 130 valence electrons. The second-order valence-electron chi connectivity index (χ2n) is 5.61. The van der Waals surface area contributed by atoms with E-state index in [1.165, 1.54) is 0 Å². The normalized spacial score (nSPS) is 12.0. The lowest BCUT2D eigenvalue weighted by Gasteiger charge is -2.14. The standard InChI is InChI=1S/C18H24N2O4/c1-2-14(11-21)20-18(23)9-13-3-5-15(6-4-13)19-10-16-7-8-17(12-22)24-16/h3-8,14,19,21-22H,2,9-12H2,1H3,(H,20,23). The summed E-state index contributed by atoms with van der Waals surface area (Å²) in [4.78, 5) is 11.9. The zero-order valence-electron chi connectivity index (χ0n) is 13.8. The van der Waals surface area contributed by atoms with Crippen LogP contribution in [0.1, 0.15) is 30.4 Å². The number of benzene rings is 1. The second-order valence-corrected chi connectivity index (χ2v) is 5.61. The molecule has 24 heavy (non-hydrogen) atoms. The molecule has 0 aliphatic carbocycles. The number of carbonyl (C=O) groups is 1. The zero-order chi connectivity index (χ0) is 17.4. The highest BCUT2D eigenvalue weighted by atomic mass is 16.4. The summed E-state index contributed by atoms with van der Waals surface area (Å²) in [7, 11) is 0. The van der Waals surface area contributed by atoms with Crippen molar-refractivity contribution in [1.82, 2.24) is 5.32 Å². The molecule has 1 aromatic heterocycles. The third kappa shape index (κ3) is 5.40. The van der Waals surface area contributed by atoms with Crippen molar-refractivity contribution >= 4 is 11.6 Å². The Hall–Kier alpha value is -2.31. The molecule has 4 N–H and O–H groups in total. The Morgan fingerprint density at radius 1 is 1.12 bits per heavy atom. The number of furan rings is 1. The van der Waals surface area contributed by atoms with Crippen LogP contribution in [0.15, 0.2) is 40.8 Å². The van der Waals surface area contributed by atoms with Gasteiger partial charge < -0.3 is 25.3 Å². The van der Waals surface area contributed by atoms with E-state index in [4.69, 9.17) is 14.6 Å². The molecule has 2 aromatic rings. The van der Waals surface area contributed by atoms with Gasteiger partial charge in [0.1, 0.15) is 18.1 Å². The molecule has 0 fully saturated rings. The SMILES string of the molecule is CCC(CO)NC(=O)Cc1ccc(NCc2ccc(CO)o2)cc1. The van der Waals surface area contributed by atoms with E-state index in [9.17, 15) is 4.79 Å². The Labute approximate surface area is 141 Å². The van der Waals surface area contributed by atoms with Gasteiger partial charge in [0.25, 0.3) is 0 Å². The first-order chi connectivity index (χ1) is 11.6. The van der Waals surface area contributed by atoms with Crippen LogP contribution in [-0.4, -0.2) is 28.8 Å². The molecular formula is C18H24N2O4. The lowest BCUT2D eigenvalue weighted by atomic mass is 10.1. The number of rotatable bonds is 9. The van der Waals surface area contributed by atoms with E-state index in [0.29, 0.717) is 18.7 Å². The lowest BCUT2D eigenvalue weighted by Crippen LogP contribution is -2.37. The van der Waals surface area contributed by atoms with Crippen molar-refractivity contribution in [3.8, 4) is 0 Å². The summed E-state index contributed by atoms with van der Waals surface area (Å²) in [5.41, 5.74) is 1.83. The first-order valence-corrected chi connectivity index (χ1v) is 8.06. The number of hydrogen-bond acceptors (Lipinski definition) is 5. The molecule has 1 atom stereocenters. The second kappa shape index (κ2) is 9.10. The molecule has 0 spiro atoms. The van der Waals surface area contributed by atoms with Crippen molar-refractivity contribution in [3.63, 3.8) is 0 Å². The fourth-order valence-corrected chi connectivity index (χ4v) is 2.27. The maximum Gasteiger partial charge on any atom is 0.224 e. The van der Waals surface area contributed by atoms with Crippen molar-refractivity contribution in [2.75, 3.05) is 11.9 Å². The van der Waals surface area contributed by atoms with Crippen LogP contribution < -0.4 is 10.6 Å². The number of aliphatic hydroxyl groups excluding tert-OH is 2. The molecule has 1 heterocycles. The topological polar surface area (TPSA) is 94.7 Å². The van der Waals surface area contributed by atoms with Crippen LogP contribution in [0.4, 0.5) is 5.69 Å². The average molecular weight is 332 g/mol. The van der Waals surface area contributed by atoms with E-state index in [-0.39, 0.29) is 31.6 Å². The Morgan fingerprint density at radius 3 is 2.42 bits per heavy atom. The van der Waals surface area contributed by atoms with Gasteiger partial charge in [0.05, 0.1) is 25.6 Å². The summed E-state index contributed by atoms with van der Waals surface area (Å²) in [5, 5.41) is 24.1.